The molecule has 9 heteroatoms. The van der Waals surface area contributed by atoms with Crippen LogP contribution in [0.3, 0.4) is 0 Å². The Kier molecular flexibility index (Phi) is 8.10. The second kappa shape index (κ2) is 10.8. The third-order valence-electron chi connectivity index (χ3n) is 5.56. The highest BCUT2D eigenvalue weighted by Crippen LogP contribution is 2.27. The lowest BCUT2D eigenvalue weighted by molar-refractivity contribution is -0.140. The summed E-state index contributed by atoms with van der Waals surface area (Å²) in [6.45, 7) is 4.02. The molecule has 0 radical (unpaired) electrons. The lowest BCUT2D eigenvalue weighted by Crippen LogP contribution is -2.47. The van der Waals surface area contributed by atoms with Gasteiger partial charge in [-0.05, 0) is 44.5 Å². The maximum atomic E-state index is 13.1. The Labute approximate surface area is 202 Å². The number of halogens is 2. The van der Waals surface area contributed by atoms with E-state index in [4.69, 9.17) is 23.2 Å². The first-order valence-corrected chi connectivity index (χ1v) is 11.5. The van der Waals surface area contributed by atoms with Crippen molar-refractivity contribution >= 4 is 46.8 Å². The van der Waals surface area contributed by atoms with E-state index < -0.39 is 6.04 Å². The van der Waals surface area contributed by atoms with Crippen molar-refractivity contribution in [2.45, 2.75) is 39.3 Å². The van der Waals surface area contributed by atoms with Crippen LogP contribution in [0.15, 0.2) is 42.5 Å². The summed E-state index contributed by atoms with van der Waals surface area (Å²) in [4.78, 5) is 53.3. The molecule has 7 nitrogen and oxygen atoms in total. The van der Waals surface area contributed by atoms with E-state index in [9.17, 15) is 19.2 Å². The molecular weight excluding hydrogens is 465 g/mol. The van der Waals surface area contributed by atoms with Crippen LogP contribution in [-0.2, 0) is 16.1 Å². The summed E-state index contributed by atoms with van der Waals surface area (Å²) >= 11 is 12.6. The largest absolute Gasteiger partial charge is 0.355 e. The zero-order valence-electron chi connectivity index (χ0n) is 18.4. The summed E-state index contributed by atoms with van der Waals surface area (Å²) in [6.07, 6.45) is 0.304. The Bertz CT molecular complexity index is 1030. The molecule has 1 N–H and O–H groups in total. The maximum absolute atomic E-state index is 13.1. The predicted molar refractivity (Wildman–Crippen MR) is 126 cm³/mol. The monoisotopic (exact) mass is 489 g/mol. The number of fused-ring (bicyclic) bond motifs is 1. The summed E-state index contributed by atoms with van der Waals surface area (Å²) in [5.41, 5.74) is 1.29. The summed E-state index contributed by atoms with van der Waals surface area (Å²) in [5.74, 6) is -1.33. The molecule has 1 aliphatic rings. The van der Waals surface area contributed by atoms with Crippen LogP contribution < -0.4 is 5.32 Å². The van der Waals surface area contributed by atoms with E-state index in [1.54, 1.807) is 56.3 Å². The summed E-state index contributed by atoms with van der Waals surface area (Å²) in [5, 5.41) is 3.52. The average molecular weight is 490 g/mol. The van der Waals surface area contributed by atoms with E-state index in [1.807, 2.05) is 0 Å². The number of benzene rings is 2. The van der Waals surface area contributed by atoms with Gasteiger partial charge >= 0.3 is 0 Å². The molecule has 0 saturated heterocycles. The molecule has 3 rings (SSSR count). The van der Waals surface area contributed by atoms with Crippen LogP contribution in [0.2, 0.25) is 10.0 Å². The van der Waals surface area contributed by atoms with Crippen molar-refractivity contribution in [2.24, 2.45) is 0 Å². The first-order chi connectivity index (χ1) is 15.8. The number of rotatable bonds is 9. The molecule has 0 spiro atoms. The highest BCUT2D eigenvalue weighted by molar-refractivity contribution is 6.36. The topological polar surface area (TPSA) is 86.8 Å². The molecule has 174 valence electrons. The second-order valence-corrected chi connectivity index (χ2v) is 8.52. The highest BCUT2D eigenvalue weighted by atomic mass is 35.5. The van der Waals surface area contributed by atoms with Crippen molar-refractivity contribution in [3.8, 4) is 0 Å². The fourth-order valence-electron chi connectivity index (χ4n) is 3.73. The lowest BCUT2D eigenvalue weighted by Gasteiger charge is -2.29. The first-order valence-electron chi connectivity index (χ1n) is 10.7. The van der Waals surface area contributed by atoms with E-state index in [2.05, 4.69) is 5.32 Å². The second-order valence-electron chi connectivity index (χ2n) is 7.70. The fraction of sp³-hybridized carbons (Fsp3) is 0.333. The molecule has 1 atom stereocenters. The molecule has 33 heavy (non-hydrogen) atoms. The number of imide groups is 1. The van der Waals surface area contributed by atoms with Gasteiger partial charge in [-0.15, -0.1) is 0 Å². The summed E-state index contributed by atoms with van der Waals surface area (Å²) in [6, 6.07) is 10.9. The fourth-order valence-corrected chi connectivity index (χ4v) is 4.25. The minimum absolute atomic E-state index is 0.0409. The molecule has 2 aromatic carbocycles. The quantitative estimate of drug-likeness (QED) is 0.540. The van der Waals surface area contributed by atoms with Crippen LogP contribution in [0.4, 0.5) is 0 Å². The first kappa shape index (κ1) is 24.7. The van der Waals surface area contributed by atoms with Gasteiger partial charge in [-0.2, -0.15) is 0 Å². The molecule has 0 fully saturated rings. The smallest absolute Gasteiger partial charge is 0.261 e. The van der Waals surface area contributed by atoms with Gasteiger partial charge in [-0.3, -0.25) is 24.1 Å². The molecular formula is C24H25Cl2N3O4. The number of amides is 4. The number of hydrogen-bond donors (Lipinski definition) is 1. The van der Waals surface area contributed by atoms with Crippen molar-refractivity contribution in [3.05, 3.63) is 69.2 Å². The van der Waals surface area contributed by atoms with Gasteiger partial charge in [0.25, 0.3) is 11.8 Å². The van der Waals surface area contributed by atoms with Crippen molar-refractivity contribution < 1.29 is 19.2 Å². The molecule has 0 bridgehead atoms. The lowest BCUT2D eigenvalue weighted by atomic mass is 10.1. The van der Waals surface area contributed by atoms with E-state index in [0.29, 0.717) is 33.3 Å². The van der Waals surface area contributed by atoms with Crippen molar-refractivity contribution in [1.82, 2.24) is 15.1 Å². The van der Waals surface area contributed by atoms with Crippen LogP contribution >= 0.6 is 23.2 Å². The molecule has 0 saturated carbocycles. The van der Waals surface area contributed by atoms with Crippen LogP contribution in [0.5, 0.6) is 0 Å². The van der Waals surface area contributed by atoms with Gasteiger partial charge < -0.3 is 10.2 Å². The average Bonchev–Trinajstić information content (AvgIpc) is 3.03. The third kappa shape index (κ3) is 5.37. The van der Waals surface area contributed by atoms with Crippen molar-refractivity contribution in [1.29, 1.82) is 0 Å². The zero-order chi connectivity index (χ0) is 24.1. The Morgan fingerprint density at radius 3 is 2.12 bits per heavy atom. The molecule has 0 aromatic heterocycles. The van der Waals surface area contributed by atoms with E-state index in [0.717, 1.165) is 4.90 Å². The van der Waals surface area contributed by atoms with Crippen molar-refractivity contribution in [2.75, 3.05) is 13.1 Å². The highest BCUT2D eigenvalue weighted by Gasteiger charge is 2.35. The predicted octanol–water partition coefficient (Wildman–Crippen LogP) is 3.92. The summed E-state index contributed by atoms with van der Waals surface area (Å²) < 4.78 is 0. The van der Waals surface area contributed by atoms with Gasteiger partial charge in [0.1, 0.15) is 6.04 Å². The van der Waals surface area contributed by atoms with Gasteiger partial charge in [0.05, 0.1) is 11.1 Å². The molecule has 1 aliphatic heterocycles. The van der Waals surface area contributed by atoms with Crippen molar-refractivity contribution in [3.63, 3.8) is 0 Å². The molecule has 1 heterocycles. The van der Waals surface area contributed by atoms with Crippen LogP contribution in [0.1, 0.15) is 53.0 Å². The maximum Gasteiger partial charge on any atom is 0.261 e. The molecule has 0 aliphatic carbocycles. The number of likely N-dealkylation sites (N-methyl/N-ethyl adjacent to an activating group) is 1. The number of hydrogen-bond acceptors (Lipinski definition) is 4. The van der Waals surface area contributed by atoms with E-state index in [-0.39, 0.29) is 49.6 Å². The third-order valence-corrected chi connectivity index (χ3v) is 6.27. The van der Waals surface area contributed by atoms with Gasteiger partial charge in [-0.1, -0.05) is 41.4 Å². The van der Waals surface area contributed by atoms with Gasteiger partial charge in [0, 0.05) is 41.7 Å². The number of carbonyl (C=O) groups is 4. The SMILES string of the molecule is CCNC(=O)C(C)N(Cc1c(Cl)cccc1Cl)C(=O)CCCN1C(=O)c2ccccc2C1=O. The number of nitrogens with zero attached hydrogens (tertiary/aromatic N) is 2. The normalized spacial score (nSPS) is 13.6. The van der Waals surface area contributed by atoms with Crippen LogP contribution in [0.25, 0.3) is 0 Å². The molecule has 2 aromatic rings. The Morgan fingerprint density at radius 1 is 1.00 bits per heavy atom. The summed E-state index contributed by atoms with van der Waals surface area (Å²) in [7, 11) is 0. The molecule has 4 amide bonds. The Hall–Kier alpha value is -2.90. The zero-order valence-corrected chi connectivity index (χ0v) is 19.9. The van der Waals surface area contributed by atoms with Crippen LogP contribution in [-0.4, -0.2) is 52.6 Å². The Morgan fingerprint density at radius 2 is 1.58 bits per heavy atom. The Balaban J connectivity index is 1.70. The standard InChI is InChI=1S/C24H25Cl2N3O4/c1-3-27-22(31)15(2)29(14-18-19(25)10-6-11-20(18)26)21(30)12-7-13-28-23(32)16-8-4-5-9-17(16)24(28)33/h4-6,8-11,15H,3,7,12-14H2,1-2H3,(H,27,31). The minimum atomic E-state index is -0.760. The van der Waals surface area contributed by atoms with Gasteiger partial charge in [-0.25, -0.2) is 0 Å². The minimum Gasteiger partial charge on any atom is -0.355 e. The molecule has 1 unspecified atom stereocenters. The van der Waals surface area contributed by atoms with Gasteiger partial charge in [0.15, 0.2) is 0 Å². The van der Waals surface area contributed by atoms with Gasteiger partial charge in [0.2, 0.25) is 11.8 Å². The van der Waals surface area contributed by atoms with E-state index >= 15 is 0 Å². The number of nitrogens with one attached hydrogen (secondary N) is 1. The van der Waals surface area contributed by atoms with E-state index in [1.165, 1.54) is 4.90 Å². The number of carbonyl (C=O) groups excluding carboxylic acids is 4. The van der Waals surface area contributed by atoms with Crippen LogP contribution in [0, 0.1) is 0 Å².